The highest BCUT2D eigenvalue weighted by Crippen LogP contribution is 2.26. The van der Waals surface area contributed by atoms with E-state index in [0.29, 0.717) is 28.2 Å². The summed E-state index contributed by atoms with van der Waals surface area (Å²) < 4.78 is 5.11. The quantitative estimate of drug-likeness (QED) is 0.697. The molecule has 0 amide bonds. The lowest BCUT2D eigenvalue weighted by Gasteiger charge is -2.07. The van der Waals surface area contributed by atoms with Gasteiger partial charge in [0.2, 0.25) is 0 Å². The number of nitrogen functional groups attached to an aromatic ring is 1. The smallest absolute Gasteiger partial charge is 0.259 e. The molecule has 3 aromatic rings. The first-order chi connectivity index (χ1) is 9.69. The lowest BCUT2D eigenvalue weighted by molar-refractivity contribution is 0.417. The molecule has 0 aliphatic heterocycles. The molecule has 0 unspecified atom stereocenters. The van der Waals surface area contributed by atoms with Crippen molar-refractivity contribution < 1.29 is 4.74 Å². The van der Waals surface area contributed by atoms with E-state index < -0.39 is 0 Å². The van der Waals surface area contributed by atoms with Crippen LogP contribution >= 0.6 is 0 Å². The molecule has 5 nitrogen and oxygen atoms in total. The van der Waals surface area contributed by atoms with Crippen molar-refractivity contribution in [2.75, 3.05) is 12.8 Å². The van der Waals surface area contributed by atoms with Gasteiger partial charge in [0.1, 0.15) is 11.6 Å². The van der Waals surface area contributed by atoms with E-state index in [4.69, 9.17) is 10.5 Å². The van der Waals surface area contributed by atoms with Crippen molar-refractivity contribution in [1.82, 2.24) is 9.97 Å². The van der Waals surface area contributed by atoms with Crippen molar-refractivity contribution in [3.8, 4) is 17.1 Å². The summed E-state index contributed by atoms with van der Waals surface area (Å²) in [5.74, 6) is 1.08. The van der Waals surface area contributed by atoms with Gasteiger partial charge in [0.05, 0.1) is 23.7 Å². The topological polar surface area (TPSA) is 81.0 Å². The van der Waals surface area contributed by atoms with Gasteiger partial charge >= 0.3 is 0 Å². The normalized spacial score (nSPS) is 10.7. The van der Waals surface area contributed by atoms with Gasteiger partial charge in [-0.25, -0.2) is 4.98 Å². The van der Waals surface area contributed by atoms with Crippen LogP contribution in [-0.4, -0.2) is 17.1 Å². The molecule has 0 spiro atoms. The van der Waals surface area contributed by atoms with Gasteiger partial charge in [-0.2, -0.15) is 0 Å². The minimum absolute atomic E-state index is 0.167. The standard InChI is InChI=1S/C15H13N3O2/c1-20-13-7-6-9(8-11(13)16)14-17-12-5-3-2-4-10(12)15(19)18-14/h2-8H,16H2,1H3,(H,17,18,19). The number of hydrogen-bond donors (Lipinski definition) is 2. The van der Waals surface area contributed by atoms with Gasteiger partial charge in [-0.3, -0.25) is 4.79 Å². The first-order valence-corrected chi connectivity index (χ1v) is 6.12. The summed E-state index contributed by atoms with van der Waals surface area (Å²) in [7, 11) is 1.56. The number of ether oxygens (including phenoxy) is 1. The van der Waals surface area contributed by atoms with Crippen molar-refractivity contribution in [3.05, 3.63) is 52.8 Å². The largest absolute Gasteiger partial charge is 0.495 e. The highest BCUT2D eigenvalue weighted by Gasteiger charge is 2.07. The fourth-order valence-corrected chi connectivity index (χ4v) is 2.10. The third-order valence-corrected chi connectivity index (χ3v) is 3.12. The molecule has 1 heterocycles. The van der Waals surface area contributed by atoms with E-state index >= 15 is 0 Å². The number of aromatic nitrogens is 2. The Morgan fingerprint density at radius 1 is 1.20 bits per heavy atom. The molecule has 0 atom stereocenters. The number of nitrogens with one attached hydrogen (secondary N) is 1. The van der Waals surface area contributed by atoms with Gasteiger partial charge in [0.25, 0.3) is 5.56 Å². The summed E-state index contributed by atoms with van der Waals surface area (Å²) in [6.07, 6.45) is 0. The number of aromatic amines is 1. The molecule has 3 N–H and O–H groups in total. The molecule has 0 fully saturated rings. The summed E-state index contributed by atoms with van der Waals surface area (Å²) in [5, 5.41) is 0.567. The molecular weight excluding hydrogens is 254 g/mol. The predicted molar refractivity (Wildman–Crippen MR) is 78.8 cm³/mol. The first kappa shape index (κ1) is 12.2. The van der Waals surface area contributed by atoms with E-state index in [9.17, 15) is 4.79 Å². The van der Waals surface area contributed by atoms with Crippen molar-refractivity contribution >= 4 is 16.6 Å². The van der Waals surface area contributed by atoms with Crippen molar-refractivity contribution in [2.24, 2.45) is 0 Å². The molecule has 0 radical (unpaired) electrons. The van der Waals surface area contributed by atoms with Crippen LogP contribution in [0.25, 0.3) is 22.3 Å². The number of rotatable bonds is 2. The monoisotopic (exact) mass is 267 g/mol. The highest BCUT2D eigenvalue weighted by atomic mass is 16.5. The Morgan fingerprint density at radius 3 is 2.75 bits per heavy atom. The molecule has 5 heteroatoms. The zero-order valence-corrected chi connectivity index (χ0v) is 10.9. The van der Waals surface area contributed by atoms with E-state index in [2.05, 4.69) is 9.97 Å². The lowest BCUT2D eigenvalue weighted by atomic mass is 10.1. The van der Waals surface area contributed by atoms with Crippen LogP contribution in [0.3, 0.4) is 0 Å². The summed E-state index contributed by atoms with van der Waals surface area (Å²) >= 11 is 0. The number of para-hydroxylation sites is 1. The van der Waals surface area contributed by atoms with Gasteiger partial charge in [-0.15, -0.1) is 0 Å². The number of fused-ring (bicyclic) bond motifs is 1. The van der Waals surface area contributed by atoms with Crippen LogP contribution in [0.5, 0.6) is 5.75 Å². The summed E-state index contributed by atoms with van der Waals surface area (Å²) in [4.78, 5) is 19.2. The Kier molecular flexibility index (Phi) is 2.87. The average Bonchev–Trinajstić information content (AvgIpc) is 2.47. The zero-order valence-electron chi connectivity index (χ0n) is 10.9. The van der Waals surface area contributed by atoms with Crippen LogP contribution in [0, 0.1) is 0 Å². The van der Waals surface area contributed by atoms with Crippen LogP contribution in [-0.2, 0) is 0 Å². The third-order valence-electron chi connectivity index (χ3n) is 3.12. The Hall–Kier alpha value is -2.82. The highest BCUT2D eigenvalue weighted by molar-refractivity contribution is 5.79. The fraction of sp³-hybridized carbons (Fsp3) is 0.0667. The molecule has 0 aliphatic rings. The van der Waals surface area contributed by atoms with Crippen LogP contribution in [0.15, 0.2) is 47.3 Å². The number of anilines is 1. The van der Waals surface area contributed by atoms with E-state index in [0.717, 1.165) is 5.56 Å². The molecule has 2 aromatic carbocycles. The maximum atomic E-state index is 12.0. The predicted octanol–water partition coefficient (Wildman–Crippen LogP) is 2.18. The Morgan fingerprint density at radius 2 is 2.00 bits per heavy atom. The second-order valence-electron chi connectivity index (χ2n) is 4.39. The first-order valence-electron chi connectivity index (χ1n) is 6.12. The SMILES string of the molecule is COc1ccc(-c2nc3ccccc3c(=O)[nH]2)cc1N. The van der Waals surface area contributed by atoms with E-state index in [1.165, 1.54) is 0 Å². The van der Waals surface area contributed by atoms with Gasteiger partial charge in [0.15, 0.2) is 0 Å². The molecule has 0 saturated heterocycles. The van der Waals surface area contributed by atoms with Crippen LogP contribution in [0.1, 0.15) is 0 Å². The van der Waals surface area contributed by atoms with Gasteiger partial charge in [-0.1, -0.05) is 12.1 Å². The number of nitrogens with zero attached hydrogens (tertiary/aromatic N) is 1. The molecule has 0 aliphatic carbocycles. The number of benzene rings is 2. The Labute approximate surface area is 115 Å². The molecule has 100 valence electrons. The van der Waals surface area contributed by atoms with Crippen LogP contribution in [0.2, 0.25) is 0 Å². The molecule has 0 saturated carbocycles. The van der Waals surface area contributed by atoms with Gasteiger partial charge in [0, 0.05) is 5.56 Å². The average molecular weight is 267 g/mol. The van der Waals surface area contributed by atoms with Gasteiger partial charge < -0.3 is 15.5 Å². The van der Waals surface area contributed by atoms with Crippen LogP contribution in [0.4, 0.5) is 5.69 Å². The van der Waals surface area contributed by atoms with E-state index in [1.807, 2.05) is 18.2 Å². The third kappa shape index (κ3) is 1.99. The van der Waals surface area contributed by atoms with Gasteiger partial charge in [-0.05, 0) is 30.3 Å². The van der Waals surface area contributed by atoms with Crippen LogP contribution < -0.4 is 16.0 Å². The minimum Gasteiger partial charge on any atom is -0.495 e. The summed E-state index contributed by atoms with van der Waals surface area (Å²) in [6, 6.07) is 12.5. The maximum absolute atomic E-state index is 12.0. The number of nitrogens with two attached hydrogens (primary N) is 1. The van der Waals surface area contributed by atoms with E-state index in [-0.39, 0.29) is 5.56 Å². The maximum Gasteiger partial charge on any atom is 0.259 e. The number of hydrogen-bond acceptors (Lipinski definition) is 4. The molecule has 20 heavy (non-hydrogen) atoms. The van der Waals surface area contributed by atoms with Crippen molar-refractivity contribution in [1.29, 1.82) is 0 Å². The molecule has 0 bridgehead atoms. The lowest BCUT2D eigenvalue weighted by Crippen LogP contribution is -2.09. The zero-order chi connectivity index (χ0) is 14.1. The second-order valence-corrected chi connectivity index (χ2v) is 4.39. The van der Waals surface area contributed by atoms with E-state index in [1.54, 1.807) is 31.4 Å². The number of H-pyrrole nitrogens is 1. The van der Waals surface area contributed by atoms with Crippen molar-refractivity contribution in [3.63, 3.8) is 0 Å². The molecule has 1 aromatic heterocycles. The summed E-state index contributed by atoms with van der Waals surface area (Å²) in [5.41, 5.74) is 7.60. The fourth-order valence-electron chi connectivity index (χ4n) is 2.10. The minimum atomic E-state index is -0.167. The summed E-state index contributed by atoms with van der Waals surface area (Å²) in [6.45, 7) is 0. The molecule has 3 rings (SSSR count). The molecular formula is C15H13N3O2. The van der Waals surface area contributed by atoms with Crippen molar-refractivity contribution in [2.45, 2.75) is 0 Å². The second kappa shape index (κ2) is 4.70. The Bertz CT molecular complexity index is 840. The number of methoxy groups -OCH3 is 1. The Balaban J connectivity index is 2.19.